The fraction of sp³-hybridized carbons (Fsp3) is 0.562. The molecule has 2 aliphatic rings. The number of benzene rings is 1. The number of hydrogen-bond donors (Lipinski definition) is 2. The minimum atomic E-state index is -0.0220. The number of carbonyl (C=O) groups excluding carboxylic acids is 1. The number of amides is 1. The van der Waals surface area contributed by atoms with Gasteiger partial charge >= 0.3 is 0 Å². The second kappa shape index (κ2) is 5.44. The molecule has 108 valence electrons. The van der Waals surface area contributed by atoms with E-state index in [2.05, 4.69) is 27.7 Å². The molecule has 20 heavy (non-hydrogen) atoms. The maximum Gasteiger partial charge on any atom is 0.221 e. The number of hydrogen-bond acceptors (Lipinski definition) is 3. The molecule has 2 atom stereocenters. The summed E-state index contributed by atoms with van der Waals surface area (Å²) in [5, 5.41) is 6.54. The predicted molar refractivity (Wildman–Crippen MR) is 82.1 cm³/mol. The lowest BCUT2D eigenvalue weighted by molar-refractivity contribution is -0.114. The molecule has 4 nitrogen and oxygen atoms in total. The Hall–Kier alpha value is -1.55. The van der Waals surface area contributed by atoms with Gasteiger partial charge in [-0.1, -0.05) is 0 Å². The van der Waals surface area contributed by atoms with Crippen LogP contribution < -0.4 is 10.6 Å². The Bertz CT molecular complexity index is 514. The number of aryl methyl sites for hydroxylation is 1. The number of carbonyl (C=O) groups is 1. The third-order valence-corrected chi connectivity index (χ3v) is 4.50. The molecule has 0 radical (unpaired) electrons. The molecule has 4 heteroatoms. The molecule has 0 spiro atoms. The summed E-state index contributed by atoms with van der Waals surface area (Å²) in [4.78, 5) is 13.7. The van der Waals surface area contributed by atoms with Gasteiger partial charge in [-0.05, 0) is 56.5 Å². The van der Waals surface area contributed by atoms with E-state index in [9.17, 15) is 4.79 Å². The summed E-state index contributed by atoms with van der Waals surface area (Å²) >= 11 is 0. The van der Waals surface area contributed by atoms with E-state index in [-0.39, 0.29) is 5.91 Å². The van der Waals surface area contributed by atoms with Gasteiger partial charge in [-0.25, -0.2) is 0 Å². The van der Waals surface area contributed by atoms with Crippen molar-refractivity contribution in [3.8, 4) is 0 Å². The van der Waals surface area contributed by atoms with Gasteiger partial charge < -0.3 is 10.6 Å². The highest BCUT2D eigenvalue weighted by atomic mass is 16.1. The van der Waals surface area contributed by atoms with Gasteiger partial charge in [-0.2, -0.15) is 0 Å². The van der Waals surface area contributed by atoms with Gasteiger partial charge in [0.05, 0.1) is 0 Å². The Labute approximate surface area is 120 Å². The number of nitrogens with one attached hydrogen (secondary N) is 2. The van der Waals surface area contributed by atoms with Crippen LogP contribution in [0.4, 0.5) is 11.4 Å². The van der Waals surface area contributed by atoms with Crippen LogP contribution in [-0.2, 0) is 4.79 Å². The molecule has 0 bridgehead atoms. The highest BCUT2D eigenvalue weighted by Gasteiger charge is 2.36. The lowest BCUT2D eigenvalue weighted by atomic mass is 10.1. The minimum Gasteiger partial charge on any atom is -0.381 e. The topological polar surface area (TPSA) is 44.4 Å². The van der Waals surface area contributed by atoms with Crippen molar-refractivity contribution in [3.05, 3.63) is 23.8 Å². The van der Waals surface area contributed by atoms with E-state index in [1.807, 2.05) is 13.0 Å². The monoisotopic (exact) mass is 273 g/mol. The zero-order valence-electron chi connectivity index (χ0n) is 12.3. The van der Waals surface area contributed by atoms with Crippen LogP contribution in [0.25, 0.3) is 0 Å². The second-order valence-corrected chi connectivity index (χ2v) is 6.00. The first-order valence-corrected chi connectivity index (χ1v) is 7.52. The maximum atomic E-state index is 11.1. The highest BCUT2D eigenvalue weighted by molar-refractivity contribution is 5.89. The molecule has 0 aromatic heterocycles. The first-order valence-electron chi connectivity index (χ1n) is 7.52. The quantitative estimate of drug-likeness (QED) is 0.889. The Morgan fingerprint density at radius 1 is 1.30 bits per heavy atom. The van der Waals surface area contributed by atoms with Crippen molar-refractivity contribution in [2.45, 2.75) is 45.2 Å². The van der Waals surface area contributed by atoms with Crippen LogP contribution in [0.5, 0.6) is 0 Å². The molecule has 1 aromatic carbocycles. The van der Waals surface area contributed by atoms with E-state index in [1.165, 1.54) is 32.4 Å². The van der Waals surface area contributed by atoms with Crippen molar-refractivity contribution >= 4 is 17.3 Å². The van der Waals surface area contributed by atoms with Crippen LogP contribution in [0.2, 0.25) is 0 Å². The molecule has 2 saturated heterocycles. The summed E-state index contributed by atoms with van der Waals surface area (Å²) in [7, 11) is 0. The summed E-state index contributed by atoms with van der Waals surface area (Å²) in [6.45, 7) is 6.07. The number of fused-ring (bicyclic) bond motifs is 1. The average Bonchev–Trinajstić information content (AvgIpc) is 2.97. The highest BCUT2D eigenvalue weighted by Crippen LogP contribution is 2.30. The average molecular weight is 273 g/mol. The third kappa shape index (κ3) is 2.66. The molecule has 0 aliphatic carbocycles. The molecule has 0 saturated carbocycles. The van der Waals surface area contributed by atoms with Crippen molar-refractivity contribution in [1.82, 2.24) is 4.90 Å². The van der Waals surface area contributed by atoms with Crippen LogP contribution in [0.15, 0.2) is 18.2 Å². The molecule has 1 amide bonds. The summed E-state index contributed by atoms with van der Waals surface area (Å²) < 4.78 is 0. The largest absolute Gasteiger partial charge is 0.381 e. The van der Waals surface area contributed by atoms with Crippen LogP contribution in [0.1, 0.15) is 31.7 Å². The molecule has 2 N–H and O–H groups in total. The maximum absolute atomic E-state index is 11.1. The van der Waals surface area contributed by atoms with Crippen molar-refractivity contribution < 1.29 is 4.79 Å². The third-order valence-electron chi connectivity index (χ3n) is 4.50. The van der Waals surface area contributed by atoms with Crippen LogP contribution in [0, 0.1) is 6.92 Å². The van der Waals surface area contributed by atoms with Gasteiger partial charge in [0.1, 0.15) is 0 Å². The first kappa shape index (κ1) is 13.4. The standard InChI is InChI=1S/C16H23N3O/c1-11-10-13(5-6-14(11)17-12(2)20)18-15-7-9-19-8-3-4-16(15)19/h5-6,10,15-16,18H,3-4,7-9H2,1-2H3,(H,17,20). The number of nitrogens with zero attached hydrogens (tertiary/aromatic N) is 1. The van der Waals surface area contributed by atoms with E-state index in [1.54, 1.807) is 6.92 Å². The van der Waals surface area contributed by atoms with Crippen molar-refractivity contribution in [3.63, 3.8) is 0 Å². The fourth-order valence-electron chi connectivity index (χ4n) is 3.55. The van der Waals surface area contributed by atoms with E-state index in [0.717, 1.165) is 16.9 Å². The van der Waals surface area contributed by atoms with Crippen molar-refractivity contribution in [2.24, 2.45) is 0 Å². The van der Waals surface area contributed by atoms with Gasteiger partial charge in [-0.3, -0.25) is 9.69 Å². The zero-order valence-corrected chi connectivity index (χ0v) is 12.3. The molecule has 2 heterocycles. The van der Waals surface area contributed by atoms with E-state index >= 15 is 0 Å². The minimum absolute atomic E-state index is 0.0220. The van der Waals surface area contributed by atoms with Crippen molar-refractivity contribution in [1.29, 1.82) is 0 Å². The second-order valence-electron chi connectivity index (χ2n) is 6.00. The summed E-state index contributed by atoms with van der Waals surface area (Å²) in [5.74, 6) is -0.0220. The molecule has 1 aromatic rings. The Kier molecular flexibility index (Phi) is 3.66. The SMILES string of the molecule is CC(=O)Nc1ccc(NC2CCN3CCCC23)cc1C. The lowest BCUT2D eigenvalue weighted by Crippen LogP contribution is -2.33. The van der Waals surface area contributed by atoms with Gasteiger partial charge in [0.15, 0.2) is 0 Å². The van der Waals surface area contributed by atoms with Crippen LogP contribution >= 0.6 is 0 Å². The first-order chi connectivity index (χ1) is 9.63. The molecular formula is C16H23N3O. The Morgan fingerprint density at radius 2 is 2.15 bits per heavy atom. The van der Waals surface area contributed by atoms with Gasteiger partial charge in [-0.15, -0.1) is 0 Å². The van der Waals surface area contributed by atoms with Crippen LogP contribution in [-0.4, -0.2) is 36.0 Å². The molecule has 3 rings (SSSR count). The normalized spacial score (nSPS) is 25.5. The van der Waals surface area contributed by atoms with E-state index in [4.69, 9.17) is 0 Å². The van der Waals surface area contributed by atoms with Crippen LogP contribution in [0.3, 0.4) is 0 Å². The fourth-order valence-corrected chi connectivity index (χ4v) is 3.55. The van der Waals surface area contributed by atoms with E-state index < -0.39 is 0 Å². The smallest absolute Gasteiger partial charge is 0.221 e. The molecule has 2 aliphatic heterocycles. The van der Waals surface area contributed by atoms with E-state index in [0.29, 0.717) is 12.1 Å². The number of rotatable bonds is 3. The summed E-state index contributed by atoms with van der Waals surface area (Å²) in [6.07, 6.45) is 3.89. The van der Waals surface area contributed by atoms with Crippen molar-refractivity contribution in [2.75, 3.05) is 23.7 Å². The predicted octanol–water partition coefficient (Wildman–Crippen LogP) is 2.60. The number of anilines is 2. The lowest BCUT2D eigenvalue weighted by Gasteiger charge is -2.22. The Morgan fingerprint density at radius 3 is 2.90 bits per heavy atom. The molecule has 2 unspecified atom stereocenters. The zero-order chi connectivity index (χ0) is 14.1. The van der Waals surface area contributed by atoms with Gasteiger partial charge in [0.2, 0.25) is 5.91 Å². The molecule has 2 fully saturated rings. The molecular weight excluding hydrogens is 250 g/mol. The summed E-state index contributed by atoms with van der Waals surface area (Å²) in [6, 6.07) is 7.47. The van der Waals surface area contributed by atoms with Gasteiger partial charge in [0, 0.05) is 36.9 Å². The summed E-state index contributed by atoms with van der Waals surface area (Å²) in [5.41, 5.74) is 3.17. The van der Waals surface area contributed by atoms with Gasteiger partial charge in [0.25, 0.3) is 0 Å². The Balaban J connectivity index is 1.69.